The first-order chi connectivity index (χ1) is 7.53. The molecule has 1 aromatic rings. The first-order valence-corrected chi connectivity index (χ1v) is 5.05. The molecule has 0 atom stereocenters. The maximum absolute atomic E-state index is 12.5. The van der Waals surface area contributed by atoms with Crippen LogP contribution in [0.4, 0.5) is 13.2 Å². The van der Waals surface area contributed by atoms with Crippen molar-refractivity contribution in [3.63, 3.8) is 0 Å². The van der Waals surface area contributed by atoms with Crippen LogP contribution in [0.5, 0.6) is 0 Å². The van der Waals surface area contributed by atoms with E-state index in [1.807, 2.05) is 20.8 Å². The summed E-state index contributed by atoms with van der Waals surface area (Å²) in [7, 11) is 0. The van der Waals surface area contributed by atoms with Crippen LogP contribution in [-0.2, 0) is 11.6 Å². The van der Waals surface area contributed by atoms with E-state index in [0.717, 1.165) is 12.1 Å². The number of carbonyl (C=O) groups is 1. The molecule has 1 aromatic carbocycles. The van der Waals surface area contributed by atoms with Crippen LogP contribution in [0.3, 0.4) is 0 Å². The van der Waals surface area contributed by atoms with Crippen LogP contribution < -0.4 is 5.73 Å². The standard InChI is InChI=1S/C12H14F3NO.2ClH/c1-11(2,3)9-5-4-7(12(13,14)15)6-8(9)10(16)17;;/h4-6H,1-3H3,(H2,16,17);2*1H. The predicted octanol–water partition coefficient (Wildman–Crippen LogP) is 3.95. The largest absolute Gasteiger partial charge is 0.416 e. The van der Waals surface area contributed by atoms with Gasteiger partial charge in [-0.1, -0.05) is 26.8 Å². The third-order valence-electron chi connectivity index (χ3n) is 2.42. The third kappa shape index (κ3) is 4.91. The lowest BCUT2D eigenvalue weighted by molar-refractivity contribution is -0.137. The Balaban J connectivity index is 0. The SMILES string of the molecule is CC(C)(C)c1ccc(C(F)(F)F)cc1C(N)=O.Cl.Cl. The van der Waals surface area contributed by atoms with Gasteiger partial charge in [-0.25, -0.2) is 0 Å². The van der Waals surface area contributed by atoms with Gasteiger partial charge in [-0.15, -0.1) is 24.8 Å². The van der Waals surface area contributed by atoms with Crippen LogP contribution in [0.25, 0.3) is 0 Å². The number of hydrogen-bond acceptors (Lipinski definition) is 1. The molecule has 19 heavy (non-hydrogen) atoms. The van der Waals surface area contributed by atoms with Gasteiger partial charge in [-0.05, 0) is 23.1 Å². The summed E-state index contributed by atoms with van der Waals surface area (Å²) in [6.07, 6.45) is -4.47. The van der Waals surface area contributed by atoms with Crippen LogP contribution in [0.15, 0.2) is 18.2 Å². The van der Waals surface area contributed by atoms with Crippen LogP contribution in [-0.4, -0.2) is 5.91 Å². The van der Waals surface area contributed by atoms with E-state index in [1.54, 1.807) is 0 Å². The average Bonchev–Trinajstić information content (AvgIpc) is 2.14. The van der Waals surface area contributed by atoms with Crippen molar-refractivity contribution in [3.8, 4) is 0 Å². The minimum Gasteiger partial charge on any atom is -0.366 e. The summed E-state index contributed by atoms with van der Waals surface area (Å²) in [5, 5.41) is 0. The summed E-state index contributed by atoms with van der Waals surface area (Å²) in [6, 6.07) is 3.08. The Bertz CT molecular complexity index is 453. The van der Waals surface area contributed by atoms with Gasteiger partial charge in [-0.3, -0.25) is 4.79 Å². The van der Waals surface area contributed by atoms with Gasteiger partial charge in [0.15, 0.2) is 0 Å². The van der Waals surface area contributed by atoms with Crippen molar-refractivity contribution < 1.29 is 18.0 Å². The molecular formula is C12H16Cl2F3NO. The fraction of sp³-hybridized carbons (Fsp3) is 0.417. The number of halogens is 5. The Kier molecular flexibility index (Phi) is 6.95. The Morgan fingerprint density at radius 1 is 1.11 bits per heavy atom. The number of nitrogens with two attached hydrogens (primary N) is 1. The number of amides is 1. The minimum absolute atomic E-state index is 0. The maximum Gasteiger partial charge on any atom is 0.416 e. The zero-order valence-electron chi connectivity index (χ0n) is 10.7. The average molecular weight is 318 g/mol. The second kappa shape index (κ2) is 6.48. The van der Waals surface area contributed by atoms with Crippen molar-refractivity contribution in [2.24, 2.45) is 5.73 Å². The minimum atomic E-state index is -4.47. The lowest BCUT2D eigenvalue weighted by Gasteiger charge is -2.22. The van der Waals surface area contributed by atoms with Gasteiger partial charge < -0.3 is 5.73 Å². The van der Waals surface area contributed by atoms with E-state index in [9.17, 15) is 18.0 Å². The number of alkyl halides is 3. The van der Waals surface area contributed by atoms with E-state index < -0.39 is 23.1 Å². The van der Waals surface area contributed by atoms with Crippen LogP contribution in [0, 0.1) is 0 Å². The molecule has 1 amide bonds. The van der Waals surface area contributed by atoms with Crippen LogP contribution >= 0.6 is 24.8 Å². The first kappa shape index (κ1) is 20.4. The smallest absolute Gasteiger partial charge is 0.366 e. The maximum atomic E-state index is 12.5. The predicted molar refractivity (Wildman–Crippen MR) is 73.2 cm³/mol. The molecule has 0 unspecified atom stereocenters. The van der Waals surface area contributed by atoms with Gasteiger partial charge in [0.05, 0.1) is 5.56 Å². The first-order valence-electron chi connectivity index (χ1n) is 5.05. The zero-order valence-corrected chi connectivity index (χ0v) is 12.3. The number of rotatable bonds is 1. The Morgan fingerprint density at radius 3 is 1.89 bits per heavy atom. The second-order valence-electron chi connectivity index (χ2n) is 4.87. The monoisotopic (exact) mass is 317 g/mol. The topological polar surface area (TPSA) is 43.1 Å². The molecule has 0 aliphatic rings. The van der Waals surface area contributed by atoms with E-state index in [0.29, 0.717) is 5.56 Å². The number of carbonyl (C=O) groups excluding carboxylic acids is 1. The van der Waals surface area contributed by atoms with Crippen molar-refractivity contribution >= 4 is 30.7 Å². The Hall–Kier alpha value is -0.940. The highest BCUT2D eigenvalue weighted by Crippen LogP contribution is 2.33. The summed E-state index contributed by atoms with van der Waals surface area (Å²) in [6.45, 7) is 5.42. The number of hydrogen-bond donors (Lipinski definition) is 1. The summed E-state index contributed by atoms with van der Waals surface area (Å²) in [5.74, 6) is -0.846. The van der Waals surface area contributed by atoms with Gasteiger partial charge in [0.25, 0.3) is 0 Å². The summed E-state index contributed by atoms with van der Waals surface area (Å²) >= 11 is 0. The molecule has 0 saturated heterocycles. The Morgan fingerprint density at radius 2 is 1.58 bits per heavy atom. The molecule has 0 aliphatic carbocycles. The third-order valence-corrected chi connectivity index (χ3v) is 2.42. The Labute approximate surface area is 122 Å². The molecule has 0 aromatic heterocycles. The van der Waals surface area contributed by atoms with Crippen LogP contribution in [0.1, 0.15) is 42.3 Å². The molecule has 0 fully saturated rings. The van der Waals surface area contributed by atoms with Crippen molar-refractivity contribution in [2.75, 3.05) is 0 Å². The van der Waals surface area contributed by atoms with E-state index in [4.69, 9.17) is 5.73 Å². The molecule has 0 spiro atoms. The van der Waals surface area contributed by atoms with Gasteiger partial charge in [-0.2, -0.15) is 13.2 Å². The van der Waals surface area contributed by atoms with Crippen LogP contribution in [0.2, 0.25) is 0 Å². The van der Waals surface area contributed by atoms with Gasteiger partial charge in [0.2, 0.25) is 5.91 Å². The van der Waals surface area contributed by atoms with E-state index in [2.05, 4.69) is 0 Å². The van der Waals surface area contributed by atoms with E-state index in [-0.39, 0.29) is 30.4 Å². The number of primary amides is 1. The van der Waals surface area contributed by atoms with Gasteiger partial charge in [0.1, 0.15) is 0 Å². The molecular weight excluding hydrogens is 302 g/mol. The summed E-state index contributed by atoms with van der Waals surface area (Å²) < 4.78 is 37.5. The van der Waals surface area contributed by atoms with Gasteiger partial charge >= 0.3 is 6.18 Å². The molecule has 2 N–H and O–H groups in total. The molecule has 1 rings (SSSR count). The van der Waals surface area contributed by atoms with Crippen molar-refractivity contribution in [3.05, 3.63) is 34.9 Å². The number of benzene rings is 1. The van der Waals surface area contributed by atoms with Gasteiger partial charge in [0, 0.05) is 5.56 Å². The van der Waals surface area contributed by atoms with E-state index >= 15 is 0 Å². The van der Waals surface area contributed by atoms with Crippen molar-refractivity contribution in [1.82, 2.24) is 0 Å². The lowest BCUT2D eigenvalue weighted by atomic mass is 9.83. The summed E-state index contributed by atoms with van der Waals surface area (Å²) in [5.41, 5.74) is 4.25. The van der Waals surface area contributed by atoms with Crippen molar-refractivity contribution in [1.29, 1.82) is 0 Å². The zero-order chi connectivity index (χ0) is 13.4. The molecule has 0 aliphatic heterocycles. The lowest BCUT2D eigenvalue weighted by Crippen LogP contribution is -2.22. The highest BCUT2D eigenvalue weighted by atomic mass is 35.5. The molecule has 0 bridgehead atoms. The highest BCUT2D eigenvalue weighted by Gasteiger charge is 2.32. The fourth-order valence-electron chi connectivity index (χ4n) is 1.58. The normalized spacial score (nSPS) is 11.3. The highest BCUT2D eigenvalue weighted by molar-refractivity contribution is 5.95. The molecule has 2 nitrogen and oxygen atoms in total. The molecule has 0 heterocycles. The second-order valence-corrected chi connectivity index (χ2v) is 4.87. The van der Waals surface area contributed by atoms with E-state index in [1.165, 1.54) is 6.07 Å². The quantitative estimate of drug-likeness (QED) is 0.837. The summed E-state index contributed by atoms with van der Waals surface area (Å²) in [4.78, 5) is 11.2. The van der Waals surface area contributed by atoms with Crippen molar-refractivity contribution in [2.45, 2.75) is 32.4 Å². The molecule has 0 radical (unpaired) electrons. The fourth-order valence-corrected chi connectivity index (χ4v) is 1.58. The molecule has 7 heteroatoms. The molecule has 0 saturated carbocycles. The molecule has 110 valence electrons.